The Balaban J connectivity index is 1.32. The first-order chi connectivity index (χ1) is 10.8. The predicted molar refractivity (Wildman–Crippen MR) is 83.4 cm³/mol. The van der Waals surface area contributed by atoms with Crippen LogP contribution in [0.15, 0.2) is 24.5 Å². The van der Waals surface area contributed by atoms with E-state index in [1.165, 1.54) is 19.4 Å². The maximum absolute atomic E-state index is 12.3. The van der Waals surface area contributed by atoms with Gasteiger partial charge >= 0.3 is 0 Å². The van der Waals surface area contributed by atoms with Gasteiger partial charge in [-0.1, -0.05) is 0 Å². The molecule has 3 fully saturated rings. The lowest BCUT2D eigenvalue weighted by atomic mass is 9.91. The van der Waals surface area contributed by atoms with Crippen LogP contribution in [0.3, 0.4) is 0 Å². The predicted octanol–water partition coefficient (Wildman–Crippen LogP) is 1.91. The Hall–Kier alpha value is -1.46. The van der Waals surface area contributed by atoms with Crippen molar-refractivity contribution in [3.05, 3.63) is 24.5 Å². The third-order valence-corrected chi connectivity index (χ3v) is 5.07. The molecular weight excluding hydrogens is 278 g/mol. The van der Waals surface area contributed by atoms with Gasteiger partial charge in [0.05, 0.1) is 18.0 Å². The lowest BCUT2D eigenvalue weighted by molar-refractivity contribution is -0.127. The van der Waals surface area contributed by atoms with Gasteiger partial charge in [-0.15, -0.1) is 0 Å². The van der Waals surface area contributed by atoms with Crippen molar-refractivity contribution in [2.24, 2.45) is 11.8 Å². The fourth-order valence-electron chi connectivity index (χ4n) is 3.65. The highest BCUT2D eigenvalue weighted by Crippen LogP contribution is 2.36. The van der Waals surface area contributed by atoms with Crippen molar-refractivity contribution >= 4 is 11.6 Å². The van der Waals surface area contributed by atoms with Gasteiger partial charge in [-0.3, -0.25) is 9.78 Å². The molecule has 118 valence electrons. The third kappa shape index (κ3) is 3.15. The molecule has 0 bridgehead atoms. The van der Waals surface area contributed by atoms with Crippen molar-refractivity contribution in [2.45, 2.75) is 37.9 Å². The second kappa shape index (κ2) is 5.97. The average molecular weight is 301 g/mol. The molecule has 3 atom stereocenters. The number of amides is 1. The van der Waals surface area contributed by atoms with E-state index >= 15 is 0 Å². The first-order valence-electron chi connectivity index (χ1n) is 8.36. The molecule has 1 aromatic heterocycles. The van der Waals surface area contributed by atoms with E-state index in [-0.39, 0.29) is 18.1 Å². The maximum Gasteiger partial charge on any atom is 0.253 e. The van der Waals surface area contributed by atoms with Crippen LogP contribution in [-0.2, 0) is 9.53 Å². The molecule has 1 N–H and O–H groups in total. The minimum atomic E-state index is -0.309. The molecule has 0 spiro atoms. The summed E-state index contributed by atoms with van der Waals surface area (Å²) in [6.07, 6.45) is 8.08. The highest BCUT2D eigenvalue weighted by Gasteiger charge is 2.42. The highest BCUT2D eigenvalue weighted by molar-refractivity contribution is 5.94. The van der Waals surface area contributed by atoms with Crippen molar-refractivity contribution < 1.29 is 9.53 Å². The molecular formula is C17H23N3O2. The lowest BCUT2D eigenvalue weighted by Gasteiger charge is -2.34. The largest absolute Gasteiger partial charge is 0.364 e. The standard InChI is InChI=1S/C17H23N3O2/c21-17(19-14-2-1-6-18-9-14)15-8-13-5-7-20(10-12-3-4-12)11-16(13)22-15/h1-2,6,9,12-13,15-16H,3-5,7-8,10-11H2,(H,19,21)/t13-,15-,16-/m0/s1. The number of piperidine rings is 1. The summed E-state index contributed by atoms with van der Waals surface area (Å²) in [4.78, 5) is 18.9. The van der Waals surface area contributed by atoms with E-state index in [1.807, 2.05) is 12.1 Å². The lowest BCUT2D eigenvalue weighted by Crippen LogP contribution is -2.43. The van der Waals surface area contributed by atoms with Gasteiger partial charge in [0.25, 0.3) is 5.91 Å². The number of rotatable bonds is 4. The number of anilines is 1. The molecule has 22 heavy (non-hydrogen) atoms. The van der Waals surface area contributed by atoms with Crippen LogP contribution in [0.1, 0.15) is 25.7 Å². The van der Waals surface area contributed by atoms with Gasteiger partial charge in [-0.2, -0.15) is 0 Å². The van der Waals surface area contributed by atoms with Crippen LogP contribution in [0.25, 0.3) is 0 Å². The molecule has 1 amide bonds. The van der Waals surface area contributed by atoms with Crippen molar-refractivity contribution in [1.29, 1.82) is 0 Å². The Labute approximate surface area is 131 Å². The molecule has 5 heteroatoms. The summed E-state index contributed by atoms with van der Waals surface area (Å²) in [7, 11) is 0. The molecule has 2 saturated heterocycles. The molecule has 0 unspecified atom stereocenters. The van der Waals surface area contributed by atoms with E-state index in [4.69, 9.17) is 4.74 Å². The van der Waals surface area contributed by atoms with Crippen molar-refractivity contribution in [1.82, 2.24) is 9.88 Å². The summed E-state index contributed by atoms with van der Waals surface area (Å²) >= 11 is 0. The fraction of sp³-hybridized carbons (Fsp3) is 0.647. The Morgan fingerprint density at radius 1 is 1.41 bits per heavy atom. The summed E-state index contributed by atoms with van der Waals surface area (Å²) in [6.45, 7) is 3.38. The highest BCUT2D eigenvalue weighted by atomic mass is 16.5. The van der Waals surface area contributed by atoms with Gasteiger partial charge in [0.2, 0.25) is 0 Å². The van der Waals surface area contributed by atoms with E-state index in [2.05, 4.69) is 15.2 Å². The molecule has 1 aromatic rings. The van der Waals surface area contributed by atoms with Crippen LogP contribution in [-0.4, -0.2) is 47.6 Å². The molecule has 1 saturated carbocycles. The van der Waals surface area contributed by atoms with Crippen molar-refractivity contribution in [2.75, 3.05) is 25.0 Å². The summed E-state index contributed by atoms with van der Waals surface area (Å²) < 4.78 is 6.06. The first-order valence-corrected chi connectivity index (χ1v) is 8.36. The van der Waals surface area contributed by atoms with Gasteiger partial charge in [0.1, 0.15) is 6.10 Å². The average Bonchev–Trinajstić information content (AvgIpc) is 3.24. The fourth-order valence-corrected chi connectivity index (χ4v) is 3.65. The van der Waals surface area contributed by atoms with Crippen LogP contribution >= 0.6 is 0 Å². The number of likely N-dealkylation sites (tertiary alicyclic amines) is 1. The molecule has 2 aliphatic heterocycles. The molecule has 0 aromatic carbocycles. The number of aromatic nitrogens is 1. The van der Waals surface area contributed by atoms with E-state index in [0.717, 1.165) is 37.5 Å². The Kier molecular flexibility index (Phi) is 3.84. The van der Waals surface area contributed by atoms with Gasteiger partial charge in [-0.05, 0) is 56.2 Å². The number of hydrogen-bond donors (Lipinski definition) is 1. The van der Waals surface area contributed by atoms with Gasteiger partial charge in [-0.25, -0.2) is 0 Å². The first kappa shape index (κ1) is 14.2. The van der Waals surface area contributed by atoms with Crippen LogP contribution in [0.5, 0.6) is 0 Å². The molecule has 1 aliphatic carbocycles. The second-order valence-corrected chi connectivity index (χ2v) is 6.88. The second-order valence-electron chi connectivity index (χ2n) is 6.88. The van der Waals surface area contributed by atoms with Crippen LogP contribution in [0.4, 0.5) is 5.69 Å². The minimum absolute atomic E-state index is 0.0313. The molecule has 3 heterocycles. The van der Waals surface area contributed by atoms with E-state index in [0.29, 0.717) is 5.92 Å². The minimum Gasteiger partial charge on any atom is -0.364 e. The van der Waals surface area contributed by atoms with Crippen molar-refractivity contribution in [3.63, 3.8) is 0 Å². The Bertz CT molecular complexity index is 532. The van der Waals surface area contributed by atoms with E-state index in [1.54, 1.807) is 12.4 Å². The number of carbonyl (C=O) groups is 1. The number of pyridine rings is 1. The Morgan fingerprint density at radius 2 is 2.32 bits per heavy atom. The van der Waals surface area contributed by atoms with Gasteiger partial charge in [0.15, 0.2) is 0 Å². The normalized spacial score (nSPS) is 31.7. The zero-order valence-electron chi connectivity index (χ0n) is 12.8. The van der Waals surface area contributed by atoms with Gasteiger partial charge in [0, 0.05) is 19.3 Å². The third-order valence-electron chi connectivity index (χ3n) is 5.07. The number of fused-ring (bicyclic) bond motifs is 1. The van der Waals surface area contributed by atoms with E-state index < -0.39 is 0 Å². The number of ether oxygens (including phenoxy) is 1. The smallest absolute Gasteiger partial charge is 0.253 e. The SMILES string of the molecule is O=C(Nc1cccnc1)[C@@H]1C[C@@H]2CCN(CC3CC3)C[C@@H]2O1. The topological polar surface area (TPSA) is 54.5 Å². The molecule has 0 radical (unpaired) electrons. The summed E-state index contributed by atoms with van der Waals surface area (Å²) in [5, 5.41) is 2.91. The summed E-state index contributed by atoms with van der Waals surface area (Å²) in [5.41, 5.74) is 0.737. The molecule has 5 nitrogen and oxygen atoms in total. The summed E-state index contributed by atoms with van der Waals surface area (Å²) in [5.74, 6) is 1.43. The quantitative estimate of drug-likeness (QED) is 0.923. The maximum atomic E-state index is 12.3. The number of hydrogen-bond acceptors (Lipinski definition) is 4. The summed E-state index contributed by atoms with van der Waals surface area (Å²) in [6, 6.07) is 3.67. The zero-order valence-corrected chi connectivity index (χ0v) is 12.8. The zero-order chi connectivity index (χ0) is 14.9. The monoisotopic (exact) mass is 301 g/mol. The van der Waals surface area contributed by atoms with Crippen molar-refractivity contribution in [3.8, 4) is 0 Å². The number of nitrogens with zero attached hydrogens (tertiary/aromatic N) is 2. The number of nitrogens with one attached hydrogen (secondary N) is 1. The van der Waals surface area contributed by atoms with Crippen LogP contribution in [0, 0.1) is 11.8 Å². The van der Waals surface area contributed by atoms with Crippen LogP contribution < -0.4 is 5.32 Å². The Morgan fingerprint density at radius 3 is 3.09 bits per heavy atom. The number of carbonyl (C=O) groups excluding carboxylic acids is 1. The van der Waals surface area contributed by atoms with Crippen LogP contribution in [0.2, 0.25) is 0 Å². The molecule has 4 rings (SSSR count). The van der Waals surface area contributed by atoms with E-state index in [9.17, 15) is 4.79 Å². The molecule has 3 aliphatic rings. The van der Waals surface area contributed by atoms with Gasteiger partial charge < -0.3 is 15.0 Å².